The first-order chi connectivity index (χ1) is 18.2. The van der Waals surface area contributed by atoms with Gasteiger partial charge < -0.3 is 14.2 Å². The molecule has 3 nitrogen and oxygen atoms in total. The Labute approximate surface area is 227 Å². The van der Waals surface area contributed by atoms with Crippen LogP contribution in [0.3, 0.4) is 0 Å². The molecule has 0 unspecified atom stereocenters. The molecule has 1 fully saturated rings. The number of hydrogen-bond donors (Lipinski definition) is 0. The van der Waals surface area contributed by atoms with Crippen LogP contribution in [-0.4, -0.2) is 14.2 Å². The van der Waals surface area contributed by atoms with Crippen LogP contribution in [0.15, 0.2) is 54.6 Å². The standard InChI is InChI=1S/C34H41FO3/c1-22-15-17-34(22)16-7-8-24-10-11-26(20-30(24)34)38-21-23-9-13-27(28-19-25(36-5)12-14-31(28)35)29(18-23)32(37-6)33(2,3)4/h9-14,18-20,22,32H,7-8,15-17,21H2,1-6H3/t22-,32-,34+/m1/s1. The Kier molecular flexibility index (Phi) is 7.30. The maximum absolute atomic E-state index is 15.0. The molecule has 3 aromatic carbocycles. The van der Waals surface area contributed by atoms with Crippen LogP contribution in [0.5, 0.6) is 11.5 Å². The van der Waals surface area contributed by atoms with E-state index in [9.17, 15) is 0 Å². The van der Waals surface area contributed by atoms with Crippen LogP contribution in [0.4, 0.5) is 4.39 Å². The van der Waals surface area contributed by atoms with Gasteiger partial charge in [0.1, 0.15) is 23.9 Å². The largest absolute Gasteiger partial charge is 0.497 e. The van der Waals surface area contributed by atoms with E-state index >= 15 is 4.39 Å². The van der Waals surface area contributed by atoms with E-state index in [-0.39, 0.29) is 17.3 Å². The number of fused-ring (bicyclic) bond motifs is 2. The molecule has 2 aliphatic carbocycles. The van der Waals surface area contributed by atoms with Crippen molar-refractivity contribution in [1.29, 1.82) is 0 Å². The van der Waals surface area contributed by atoms with Gasteiger partial charge in [-0.2, -0.15) is 0 Å². The van der Waals surface area contributed by atoms with Crippen molar-refractivity contribution in [1.82, 2.24) is 0 Å². The molecular formula is C34H41FO3. The number of aryl methyl sites for hydroxylation is 1. The third-order valence-corrected chi connectivity index (χ3v) is 8.94. The lowest BCUT2D eigenvalue weighted by Gasteiger charge is -2.52. The first kappa shape index (κ1) is 26.7. The molecule has 0 N–H and O–H groups in total. The topological polar surface area (TPSA) is 27.7 Å². The van der Waals surface area contributed by atoms with Crippen molar-refractivity contribution >= 4 is 0 Å². The van der Waals surface area contributed by atoms with Gasteiger partial charge in [0.05, 0.1) is 13.2 Å². The molecule has 0 aromatic heterocycles. The molecule has 38 heavy (non-hydrogen) atoms. The number of methoxy groups -OCH3 is 2. The molecule has 1 saturated carbocycles. The van der Waals surface area contributed by atoms with Crippen LogP contribution in [-0.2, 0) is 23.2 Å². The van der Waals surface area contributed by atoms with E-state index in [2.05, 4.69) is 52.0 Å². The van der Waals surface area contributed by atoms with E-state index < -0.39 is 0 Å². The van der Waals surface area contributed by atoms with Gasteiger partial charge in [-0.25, -0.2) is 4.39 Å². The summed E-state index contributed by atoms with van der Waals surface area (Å²) in [7, 11) is 3.31. The summed E-state index contributed by atoms with van der Waals surface area (Å²) in [6.45, 7) is 9.26. The van der Waals surface area contributed by atoms with E-state index in [1.54, 1.807) is 26.4 Å². The second-order valence-electron chi connectivity index (χ2n) is 12.3. The van der Waals surface area contributed by atoms with Gasteiger partial charge in [-0.1, -0.05) is 45.9 Å². The third-order valence-electron chi connectivity index (χ3n) is 8.94. The van der Waals surface area contributed by atoms with Crippen molar-refractivity contribution in [2.24, 2.45) is 11.3 Å². The van der Waals surface area contributed by atoms with Crippen molar-refractivity contribution in [3.05, 3.63) is 82.7 Å². The summed E-state index contributed by atoms with van der Waals surface area (Å²) in [6, 6.07) is 17.7. The van der Waals surface area contributed by atoms with Gasteiger partial charge in [-0.3, -0.25) is 0 Å². The van der Waals surface area contributed by atoms with Gasteiger partial charge in [0, 0.05) is 12.7 Å². The van der Waals surface area contributed by atoms with Gasteiger partial charge in [0.2, 0.25) is 0 Å². The Bertz CT molecular complexity index is 1310. The molecule has 4 heteroatoms. The van der Waals surface area contributed by atoms with E-state index in [4.69, 9.17) is 14.2 Å². The zero-order valence-electron chi connectivity index (χ0n) is 23.7. The second kappa shape index (κ2) is 10.4. The first-order valence-corrected chi connectivity index (χ1v) is 13.9. The number of halogens is 1. The molecule has 1 spiro atoms. The highest BCUT2D eigenvalue weighted by Gasteiger charge is 2.47. The average molecular weight is 517 g/mol. The molecule has 0 amide bonds. The molecule has 0 aliphatic heterocycles. The quantitative estimate of drug-likeness (QED) is 0.314. The van der Waals surface area contributed by atoms with Crippen LogP contribution in [0.1, 0.15) is 81.7 Å². The van der Waals surface area contributed by atoms with Crippen molar-refractivity contribution < 1.29 is 18.6 Å². The lowest BCUT2D eigenvalue weighted by molar-refractivity contribution is 0.0155. The lowest BCUT2D eigenvalue weighted by atomic mass is 9.52. The van der Waals surface area contributed by atoms with Crippen LogP contribution >= 0.6 is 0 Å². The predicted octanol–water partition coefficient (Wildman–Crippen LogP) is 8.82. The molecule has 202 valence electrons. The summed E-state index contributed by atoms with van der Waals surface area (Å²) >= 11 is 0. The summed E-state index contributed by atoms with van der Waals surface area (Å²) in [6.07, 6.45) is 6.13. The summed E-state index contributed by atoms with van der Waals surface area (Å²) in [5.74, 6) is 2.00. The number of rotatable bonds is 7. The van der Waals surface area contributed by atoms with E-state index in [0.29, 0.717) is 23.3 Å². The Morgan fingerprint density at radius 1 is 0.947 bits per heavy atom. The molecule has 3 atom stereocenters. The lowest BCUT2D eigenvalue weighted by Crippen LogP contribution is -2.45. The second-order valence-corrected chi connectivity index (χ2v) is 12.3. The van der Waals surface area contributed by atoms with Crippen molar-refractivity contribution in [3.63, 3.8) is 0 Å². The van der Waals surface area contributed by atoms with E-state index in [1.807, 2.05) is 12.1 Å². The Morgan fingerprint density at radius 2 is 1.74 bits per heavy atom. The SMILES string of the molecule is COc1ccc(F)c(-c2ccc(COc3ccc4c(c3)[C@@]3(CCC4)CC[C@H]3C)cc2[C@@H](OC)C(C)(C)C)c1. The molecule has 0 radical (unpaired) electrons. The normalized spacial score (nSPS) is 21.5. The monoisotopic (exact) mass is 516 g/mol. The molecule has 0 saturated heterocycles. The minimum atomic E-state index is -0.284. The zero-order chi connectivity index (χ0) is 27.1. The predicted molar refractivity (Wildman–Crippen MR) is 151 cm³/mol. The van der Waals surface area contributed by atoms with Crippen molar-refractivity contribution in [2.45, 2.75) is 77.9 Å². The molecule has 3 aromatic rings. The minimum absolute atomic E-state index is 0.190. The fraction of sp³-hybridized carbons (Fsp3) is 0.471. The molecular weight excluding hydrogens is 475 g/mol. The highest BCUT2D eigenvalue weighted by atomic mass is 19.1. The van der Waals surface area contributed by atoms with Gasteiger partial charge in [-0.05, 0) is 113 Å². The summed E-state index contributed by atoms with van der Waals surface area (Å²) in [4.78, 5) is 0. The summed E-state index contributed by atoms with van der Waals surface area (Å²) in [5.41, 5.74) is 6.45. The molecule has 2 aliphatic rings. The Hall–Kier alpha value is -2.85. The summed E-state index contributed by atoms with van der Waals surface area (Å²) < 4.78 is 32.8. The van der Waals surface area contributed by atoms with E-state index in [1.165, 1.54) is 49.3 Å². The maximum atomic E-state index is 15.0. The highest BCUT2D eigenvalue weighted by molar-refractivity contribution is 5.70. The van der Waals surface area contributed by atoms with Gasteiger partial charge in [0.15, 0.2) is 0 Å². The van der Waals surface area contributed by atoms with Gasteiger partial charge >= 0.3 is 0 Å². The van der Waals surface area contributed by atoms with Crippen LogP contribution in [0.2, 0.25) is 0 Å². The molecule has 0 heterocycles. The number of benzene rings is 3. The van der Waals surface area contributed by atoms with Crippen LogP contribution in [0, 0.1) is 17.2 Å². The third kappa shape index (κ3) is 4.84. The summed E-state index contributed by atoms with van der Waals surface area (Å²) in [5, 5.41) is 0. The van der Waals surface area contributed by atoms with Crippen LogP contribution in [0.25, 0.3) is 11.1 Å². The number of ether oxygens (including phenoxy) is 3. The Morgan fingerprint density at radius 3 is 2.39 bits per heavy atom. The highest BCUT2D eigenvalue weighted by Crippen LogP contribution is 2.55. The minimum Gasteiger partial charge on any atom is -0.497 e. The molecule has 5 rings (SSSR count). The zero-order valence-corrected chi connectivity index (χ0v) is 23.7. The van der Waals surface area contributed by atoms with E-state index in [0.717, 1.165) is 28.4 Å². The Balaban J connectivity index is 1.47. The maximum Gasteiger partial charge on any atom is 0.131 e. The van der Waals surface area contributed by atoms with Crippen molar-refractivity contribution in [3.8, 4) is 22.6 Å². The van der Waals surface area contributed by atoms with Gasteiger partial charge in [-0.15, -0.1) is 0 Å². The fourth-order valence-electron chi connectivity index (χ4n) is 6.72. The van der Waals surface area contributed by atoms with Gasteiger partial charge in [0.25, 0.3) is 0 Å². The number of hydrogen-bond acceptors (Lipinski definition) is 3. The van der Waals surface area contributed by atoms with Crippen LogP contribution < -0.4 is 9.47 Å². The molecule has 0 bridgehead atoms. The fourth-order valence-corrected chi connectivity index (χ4v) is 6.72. The van der Waals surface area contributed by atoms with Crippen molar-refractivity contribution in [2.75, 3.05) is 14.2 Å². The smallest absolute Gasteiger partial charge is 0.131 e. The average Bonchev–Trinajstić information content (AvgIpc) is 2.90. The first-order valence-electron chi connectivity index (χ1n) is 13.9.